The first-order valence-electron chi connectivity index (χ1n) is 6.15. The quantitative estimate of drug-likeness (QED) is 0.794. The number of benzene rings is 2. The van der Waals surface area contributed by atoms with Gasteiger partial charge in [-0.3, -0.25) is 4.79 Å². The summed E-state index contributed by atoms with van der Waals surface area (Å²) in [6, 6.07) is 14.6. The van der Waals surface area contributed by atoms with Gasteiger partial charge in [0.05, 0.1) is 0 Å². The minimum atomic E-state index is 0.0743. The topological polar surface area (TPSA) is 29.1 Å². The third-order valence-corrected chi connectivity index (χ3v) is 3.16. The van der Waals surface area contributed by atoms with Crippen molar-refractivity contribution in [1.29, 1.82) is 0 Å². The maximum Gasteiger partial charge on any atom is 0.220 e. The van der Waals surface area contributed by atoms with Gasteiger partial charge in [-0.15, -0.1) is 0 Å². The van der Waals surface area contributed by atoms with Crippen LogP contribution in [0.3, 0.4) is 0 Å². The standard InChI is InChI=1S/C15H17NOS/c17-15(9-11-18)16-10-8-13-6-3-5-12-4-1-2-7-14(12)13/h1-7,18H,8-11H2,(H,16,17). The van der Waals surface area contributed by atoms with E-state index in [2.05, 4.69) is 48.3 Å². The normalized spacial score (nSPS) is 10.5. The van der Waals surface area contributed by atoms with Crippen molar-refractivity contribution in [2.75, 3.05) is 12.3 Å². The molecule has 1 amide bonds. The van der Waals surface area contributed by atoms with Crippen LogP contribution in [0.25, 0.3) is 10.8 Å². The summed E-state index contributed by atoms with van der Waals surface area (Å²) >= 11 is 4.04. The zero-order valence-corrected chi connectivity index (χ0v) is 11.1. The van der Waals surface area contributed by atoms with Crippen molar-refractivity contribution in [1.82, 2.24) is 5.32 Å². The van der Waals surface area contributed by atoms with Gasteiger partial charge in [0, 0.05) is 13.0 Å². The van der Waals surface area contributed by atoms with Crippen LogP contribution in [-0.2, 0) is 11.2 Å². The molecule has 3 heteroatoms. The van der Waals surface area contributed by atoms with Crippen molar-refractivity contribution < 1.29 is 4.79 Å². The summed E-state index contributed by atoms with van der Waals surface area (Å²) in [6.45, 7) is 0.681. The fourth-order valence-electron chi connectivity index (χ4n) is 2.04. The predicted molar refractivity (Wildman–Crippen MR) is 79.1 cm³/mol. The number of thiol groups is 1. The summed E-state index contributed by atoms with van der Waals surface area (Å²) in [5, 5.41) is 5.42. The van der Waals surface area contributed by atoms with Crippen LogP contribution in [0.15, 0.2) is 42.5 Å². The SMILES string of the molecule is O=C(CCS)NCCc1cccc2ccccc12. The van der Waals surface area contributed by atoms with E-state index in [4.69, 9.17) is 0 Å². The first-order valence-corrected chi connectivity index (χ1v) is 6.78. The minimum absolute atomic E-state index is 0.0743. The number of amides is 1. The molecule has 0 aromatic heterocycles. The number of rotatable bonds is 5. The molecule has 0 aliphatic carbocycles. The summed E-state index contributed by atoms with van der Waals surface area (Å²) in [6.07, 6.45) is 1.35. The Balaban J connectivity index is 2.01. The van der Waals surface area contributed by atoms with Crippen molar-refractivity contribution in [3.8, 4) is 0 Å². The molecule has 2 nitrogen and oxygen atoms in total. The molecule has 0 heterocycles. The van der Waals surface area contributed by atoms with Gasteiger partial charge in [-0.2, -0.15) is 12.6 Å². The molecule has 0 bridgehead atoms. The summed E-state index contributed by atoms with van der Waals surface area (Å²) in [7, 11) is 0. The Morgan fingerprint density at radius 3 is 2.72 bits per heavy atom. The molecule has 2 rings (SSSR count). The molecule has 1 N–H and O–H groups in total. The fraction of sp³-hybridized carbons (Fsp3) is 0.267. The highest BCUT2D eigenvalue weighted by molar-refractivity contribution is 7.80. The van der Waals surface area contributed by atoms with E-state index in [0.717, 1.165) is 6.42 Å². The van der Waals surface area contributed by atoms with Crippen LogP contribution in [0.2, 0.25) is 0 Å². The highest BCUT2D eigenvalue weighted by Gasteiger charge is 2.02. The number of nitrogens with one attached hydrogen (secondary N) is 1. The van der Waals surface area contributed by atoms with Crippen LogP contribution in [0.5, 0.6) is 0 Å². The van der Waals surface area contributed by atoms with Gasteiger partial charge in [0.2, 0.25) is 5.91 Å². The first kappa shape index (κ1) is 13.0. The minimum Gasteiger partial charge on any atom is -0.356 e. The van der Waals surface area contributed by atoms with Crippen LogP contribution in [0.1, 0.15) is 12.0 Å². The van der Waals surface area contributed by atoms with Crippen molar-refractivity contribution in [2.24, 2.45) is 0 Å². The molecule has 0 saturated carbocycles. The highest BCUT2D eigenvalue weighted by atomic mass is 32.1. The second kappa shape index (κ2) is 6.45. The van der Waals surface area contributed by atoms with Gasteiger partial charge in [-0.05, 0) is 28.5 Å². The number of hydrogen-bond acceptors (Lipinski definition) is 2. The second-order valence-corrected chi connectivity index (χ2v) is 4.66. The molecule has 0 radical (unpaired) electrons. The van der Waals surface area contributed by atoms with Gasteiger partial charge in [0.15, 0.2) is 0 Å². The van der Waals surface area contributed by atoms with Crippen LogP contribution in [-0.4, -0.2) is 18.2 Å². The average molecular weight is 259 g/mol. The van der Waals surface area contributed by atoms with E-state index < -0.39 is 0 Å². The molecule has 0 saturated heterocycles. The highest BCUT2D eigenvalue weighted by Crippen LogP contribution is 2.18. The molecule has 0 unspecified atom stereocenters. The fourth-order valence-corrected chi connectivity index (χ4v) is 2.24. The molecule has 18 heavy (non-hydrogen) atoms. The van der Waals surface area contributed by atoms with Gasteiger partial charge in [-0.1, -0.05) is 42.5 Å². The Morgan fingerprint density at radius 2 is 1.89 bits per heavy atom. The molecule has 0 spiro atoms. The Bertz CT molecular complexity index is 534. The van der Waals surface area contributed by atoms with Gasteiger partial charge < -0.3 is 5.32 Å². The lowest BCUT2D eigenvalue weighted by molar-refractivity contribution is -0.120. The Kier molecular flexibility index (Phi) is 4.65. The van der Waals surface area contributed by atoms with E-state index in [1.807, 2.05) is 12.1 Å². The zero-order chi connectivity index (χ0) is 12.8. The van der Waals surface area contributed by atoms with Crippen LogP contribution in [0.4, 0.5) is 0 Å². The Labute approximate surface area is 113 Å². The van der Waals surface area contributed by atoms with E-state index in [9.17, 15) is 4.79 Å². The predicted octanol–water partition coefficient (Wildman–Crippen LogP) is 2.82. The van der Waals surface area contributed by atoms with E-state index >= 15 is 0 Å². The number of carbonyl (C=O) groups excluding carboxylic acids is 1. The van der Waals surface area contributed by atoms with Gasteiger partial charge >= 0.3 is 0 Å². The molecular formula is C15H17NOS. The maximum absolute atomic E-state index is 11.3. The lowest BCUT2D eigenvalue weighted by atomic mass is 10.0. The summed E-state index contributed by atoms with van der Waals surface area (Å²) < 4.78 is 0. The van der Waals surface area contributed by atoms with Crippen molar-refractivity contribution in [2.45, 2.75) is 12.8 Å². The average Bonchev–Trinajstić information content (AvgIpc) is 2.39. The number of carbonyl (C=O) groups is 1. The first-order chi connectivity index (χ1) is 8.81. The Hall–Kier alpha value is -1.48. The number of fused-ring (bicyclic) bond motifs is 1. The summed E-state index contributed by atoms with van der Waals surface area (Å²) in [4.78, 5) is 11.3. The molecular weight excluding hydrogens is 242 g/mol. The zero-order valence-electron chi connectivity index (χ0n) is 10.2. The van der Waals surface area contributed by atoms with Crippen molar-refractivity contribution in [3.05, 3.63) is 48.0 Å². The monoisotopic (exact) mass is 259 g/mol. The second-order valence-electron chi connectivity index (χ2n) is 4.21. The van der Waals surface area contributed by atoms with E-state index in [1.54, 1.807) is 0 Å². The largest absolute Gasteiger partial charge is 0.356 e. The molecule has 0 fully saturated rings. The number of hydrogen-bond donors (Lipinski definition) is 2. The molecule has 2 aromatic carbocycles. The molecule has 94 valence electrons. The molecule has 2 aromatic rings. The van der Waals surface area contributed by atoms with Gasteiger partial charge in [0.1, 0.15) is 0 Å². The maximum atomic E-state index is 11.3. The Morgan fingerprint density at radius 1 is 1.11 bits per heavy atom. The van der Waals surface area contributed by atoms with E-state index in [1.165, 1.54) is 16.3 Å². The lowest BCUT2D eigenvalue weighted by Crippen LogP contribution is -2.25. The van der Waals surface area contributed by atoms with Crippen molar-refractivity contribution >= 4 is 29.3 Å². The third-order valence-electron chi connectivity index (χ3n) is 2.94. The van der Waals surface area contributed by atoms with Crippen molar-refractivity contribution in [3.63, 3.8) is 0 Å². The molecule has 0 atom stereocenters. The summed E-state index contributed by atoms with van der Waals surface area (Å²) in [5.41, 5.74) is 1.28. The molecule has 0 aliphatic heterocycles. The van der Waals surface area contributed by atoms with Crippen LogP contribution >= 0.6 is 12.6 Å². The van der Waals surface area contributed by atoms with Gasteiger partial charge in [-0.25, -0.2) is 0 Å². The van der Waals surface area contributed by atoms with E-state index in [-0.39, 0.29) is 5.91 Å². The van der Waals surface area contributed by atoms with Gasteiger partial charge in [0.25, 0.3) is 0 Å². The van der Waals surface area contributed by atoms with Crippen LogP contribution in [0, 0.1) is 0 Å². The van der Waals surface area contributed by atoms with E-state index in [0.29, 0.717) is 18.7 Å². The summed E-state index contributed by atoms with van der Waals surface area (Å²) in [5.74, 6) is 0.672. The molecule has 0 aliphatic rings. The third kappa shape index (κ3) is 3.26. The van der Waals surface area contributed by atoms with Crippen LogP contribution < -0.4 is 5.32 Å². The smallest absolute Gasteiger partial charge is 0.220 e. The lowest BCUT2D eigenvalue weighted by Gasteiger charge is -2.07.